The van der Waals surface area contributed by atoms with Crippen LogP contribution in [0.25, 0.3) is 0 Å². The first-order valence-electron chi connectivity index (χ1n) is 5.11. The molecular weight excluding hydrogens is 226 g/mol. The van der Waals surface area contributed by atoms with Crippen LogP contribution < -0.4 is 4.90 Å². The fourth-order valence-corrected chi connectivity index (χ4v) is 1.44. The van der Waals surface area contributed by atoms with Crippen LogP contribution in [0.4, 0.5) is 10.5 Å². The lowest BCUT2D eigenvalue weighted by Gasteiger charge is -2.18. The quantitative estimate of drug-likeness (QED) is 0.754. The molecular formula is C12H15ClNO2. The Balaban J connectivity index is 2.60. The van der Waals surface area contributed by atoms with E-state index in [0.29, 0.717) is 17.3 Å². The molecule has 0 aliphatic heterocycles. The predicted molar refractivity (Wildman–Crippen MR) is 65.8 cm³/mol. The number of hydrogen-bond donors (Lipinski definition) is 0. The maximum absolute atomic E-state index is 11.6. The minimum absolute atomic E-state index is 0.386. The first kappa shape index (κ1) is 12.8. The monoisotopic (exact) mass is 240 g/mol. The number of carbonyl (C=O) groups is 1. The van der Waals surface area contributed by atoms with E-state index in [-0.39, 0.29) is 0 Å². The fraction of sp³-hybridized carbons (Fsp3) is 0.333. The molecule has 0 aliphatic carbocycles. The van der Waals surface area contributed by atoms with Gasteiger partial charge in [0.2, 0.25) is 0 Å². The molecule has 0 aliphatic rings. The van der Waals surface area contributed by atoms with Gasteiger partial charge >= 0.3 is 6.09 Å². The SMILES string of the molecule is [CH2]CCCOC(=O)N(C)c1ccccc1Cl. The van der Waals surface area contributed by atoms with E-state index in [4.69, 9.17) is 16.3 Å². The van der Waals surface area contributed by atoms with Crippen molar-refractivity contribution in [1.82, 2.24) is 0 Å². The summed E-state index contributed by atoms with van der Waals surface area (Å²) in [5.74, 6) is 0. The molecule has 0 saturated heterocycles. The molecule has 0 aromatic heterocycles. The molecule has 0 bridgehead atoms. The Labute approximate surface area is 101 Å². The second kappa shape index (κ2) is 6.38. The Bertz CT molecular complexity index is 355. The first-order valence-corrected chi connectivity index (χ1v) is 5.49. The van der Waals surface area contributed by atoms with Crippen LogP contribution in [-0.2, 0) is 4.74 Å². The molecule has 0 heterocycles. The smallest absolute Gasteiger partial charge is 0.414 e. The molecule has 0 fully saturated rings. The van der Waals surface area contributed by atoms with Crippen LogP contribution in [0.15, 0.2) is 24.3 Å². The van der Waals surface area contributed by atoms with E-state index in [2.05, 4.69) is 6.92 Å². The van der Waals surface area contributed by atoms with Gasteiger partial charge in [-0.05, 0) is 18.6 Å². The standard InChI is InChI=1S/C12H15ClNO2/c1-3-4-9-16-12(15)14(2)11-8-6-5-7-10(11)13/h5-8H,1,3-4,9H2,2H3. The number of amides is 1. The first-order chi connectivity index (χ1) is 7.66. The van der Waals surface area contributed by atoms with E-state index < -0.39 is 6.09 Å². The van der Waals surface area contributed by atoms with Gasteiger partial charge in [0, 0.05) is 7.05 Å². The number of nitrogens with zero attached hydrogens (tertiary/aromatic N) is 1. The minimum Gasteiger partial charge on any atom is -0.449 e. The summed E-state index contributed by atoms with van der Waals surface area (Å²) in [4.78, 5) is 13.0. The molecule has 1 amide bonds. The topological polar surface area (TPSA) is 29.5 Å². The number of unbranched alkanes of at least 4 members (excludes halogenated alkanes) is 1. The second-order valence-electron chi connectivity index (χ2n) is 3.33. The summed E-state index contributed by atoms with van der Waals surface area (Å²) in [6.45, 7) is 4.06. The molecule has 87 valence electrons. The van der Waals surface area contributed by atoms with E-state index in [1.807, 2.05) is 12.1 Å². The molecule has 0 unspecified atom stereocenters. The Morgan fingerprint density at radius 3 is 2.81 bits per heavy atom. The molecule has 16 heavy (non-hydrogen) atoms. The van der Waals surface area contributed by atoms with Gasteiger partial charge < -0.3 is 4.74 Å². The molecule has 0 atom stereocenters. The Hall–Kier alpha value is -1.22. The highest BCUT2D eigenvalue weighted by atomic mass is 35.5. The highest BCUT2D eigenvalue weighted by molar-refractivity contribution is 6.33. The van der Waals surface area contributed by atoms with Crippen LogP contribution >= 0.6 is 11.6 Å². The van der Waals surface area contributed by atoms with E-state index >= 15 is 0 Å². The predicted octanol–water partition coefficient (Wildman–Crippen LogP) is 3.53. The number of rotatable bonds is 4. The van der Waals surface area contributed by atoms with Crippen molar-refractivity contribution in [2.45, 2.75) is 12.8 Å². The van der Waals surface area contributed by atoms with Gasteiger partial charge in [-0.15, -0.1) is 0 Å². The summed E-state index contributed by atoms with van der Waals surface area (Å²) in [6, 6.07) is 7.14. The third kappa shape index (κ3) is 3.42. The van der Waals surface area contributed by atoms with Crippen molar-refractivity contribution in [3.63, 3.8) is 0 Å². The van der Waals surface area contributed by atoms with Crippen LogP contribution in [0.5, 0.6) is 0 Å². The molecule has 1 rings (SSSR count). The Morgan fingerprint density at radius 1 is 1.50 bits per heavy atom. The molecule has 4 heteroatoms. The zero-order valence-electron chi connectivity index (χ0n) is 9.28. The molecule has 1 radical (unpaired) electrons. The van der Waals surface area contributed by atoms with Crippen LogP contribution in [0.3, 0.4) is 0 Å². The van der Waals surface area contributed by atoms with Gasteiger partial charge in [-0.3, -0.25) is 4.90 Å². The highest BCUT2D eigenvalue weighted by Gasteiger charge is 2.14. The number of anilines is 1. The summed E-state index contributed by atoms with van der Waals surface area (Å²) < 4.78 is 5.04. The van der Waals surface area contributed by atoms with E-state index in [1.165, 1.54) is 4.90 Å². The lowest BCUT2D eigenvalue weighted by atomic mass is 10.3. The van der Waals surface area contributed by atoms with Crippen molar-refractivity contribution in [2.75, 3.05) is 18.6 Å². The lowest BCUT2D eigenvalue weighted by molar-refractivity contribution is 0.154. The van der Waals surface area contributed by atoms with Gasteiger partial charge in [0.05, 0.1) is 17.3 Å². The zero-order valence-corrected chi connectivity index (χ0v) is 10.0. The molecule has 3 nitrogen and oxygen atoms in total. The summed E-state index contributed by atoms with van der Waals surface area (Å²) in [7, 11) is 1.63. The van der Waals surface area contributed by atoms with Gasteiger partial charge in [-0.25, -0.2) is 4.79 Å². The fourth-order valence-electron chi connectivity index (χ4n) is 1.18. The average Bonchev–Trinajstić information content (AvgIpc) is 2.29. The summed E-state index contributed by atoms with van der Waals surface area (Å²) in [5, 5.41) is 0.527. The maximum atomic E-state index is 11.6. The van der Waals surface area contributed by atoms with Crippen molar-refractivity contribution in [3.8, 4) is 0 Å². The second-order valence-corrected chi connectivity index (χ2v) is 3.74. The molecule has 0 saturated carbocycles. The van der Waals surface area contributed by atoms with E-state index in [9.17, 15) is 4.79 Å². The van der Waals surface area contributed by atoms with E-state index in [1.54, 1.807) is 19.2 Å². The van der Waals surface area contributed by atoms with Gasteiger partial charge in [0.1, 0.15) is 0 Å². The Morgan fingerprint density at radius 2 is 2.19 bits per heavy atom. The lowest BCUT2D eigenvalue weighted by Crippen LogP contribution is -2.27. The third-order valence-electron chi connectivity index (χ3n) is 2.11. The van der Waals surface area contributed by atoms with Crippen molar-refractivity contribution in [1.29, 1.82) is 0 Å². The number of carbonyl (C=O) groups excluding carboxylic acids is 1. The number of halogens is 1. The number of ether oxygens (including phenoxy) is 1. The summed E-state index contributed by atoms with van der Waals surface area (Å²) in [6.07, 6.45) is 1.12. The molecule has 0 N–H and O–H groups in total. The third-order valence-corrected chi connectivity index (χ3v) is 2.43. The van der Waals surface area contributed by atoms with Gasteiger partial charge in [0.15, 0.2) is 0 Å². The highest BCUT2D eigenvalue weighted by Crippen LogP contribution is 2.24. The van der Waals surface area contributed by atoms with Crippen LogP contribution in [-0.4, -0.2) is 19.7 Å². The van der Waals surface area contributed by atoms with Gasteiger partial charge in [0.25, 0.3) is 0 Å². The Kier molecular flexibility index (Phi) is 5.12. The van der Waals surface area contributed by atoms with Crippen molar-refractivity contribution < 1.29 is 9.53 Å². The van der Waals surface area contributed by atoms with Crippen LogP contribution in [0.1, 0.15) is 12.8 Å². The summed E-state index contributed by atoms with van der Waals surface area (Å²) in [5.41, 5.74) is 0.642. The van der Waals surface area contributed by atoms with E-state index in [0.717, 1.165) is 12.8 Å². The van der Waals surface area contributed by atoms with Gasteiger partial charge in [-0.2, -0.15) is 0 Å². The van der Waals surface area contributed by atoms with Crippen LogP contribution in [0.2, 0.25) is 5.02 Å². The molecule has 1 aromatic rings. The average molecular weight is 241 g/mol. The van der Waals surface area contributed by atoms with Crippen LogP contribution in [0, 0.1) is 6.92 Å². The largest absolute Gasteiger partial charge is 0.449 e. The van der Waals surface area contributed by atoms with Crippen molar-refractivity contribution in [3.05, 3.63) is 36.2 Å². The number of hydrogen-bond acceptors (Lipinski definition) is 2. The zero-order chi connectivity index (χ0) is 12.0. The number of para-hydroxylation sites is 1. The van der Waals surface area contributed by atoms with Crippen molar-refractivity contribution >= 4 is 23.4 Å². The molecule has 0 spiro atoms. The maximum Gasteiger partial charge on any atom is 0.414 e. The summed E-state index contributed by atoms with van der Waals surface area (Å²) >= 11 is 5.97. The normalized spacial score (nSPS) is 9.94. The number of benzene rings is 1. The van der Waals surface area contributed by atoms with Crippen molar-refractivity contribution in [2.24, 2.45) is 0 Å². The molecule has 1 aromatic carbocycles. The van der Waals surface area contributed by atoms with Gasteiger partial charge in [-0.1, -0.05) is 37.1 Å². The minimum atomic E-state index is -0.401.